The highest BCUT2D eigenvalue weighted by Crippen LogP contribution is 2.33. The molecule has 0 amide bonds. The van der Waals surface area contributed by atoms with E-state index in [1.165, 1.54) is 38.6 Å². The van der Waals surface area contributed by atoms with Gasteiger partial charge in [-0.2, -0.15) is 0 Å². The number of fused-ring (bicyclic) bond motifs is 1. The predicted octanol–water partition coefficient (Wildman–Crippen LogP) is 2.31. The van der Waals surface area contributed by atoms with Crippen molar-refractivity contribution in [2.75, 3.05) is 7.11 Å². The zero-order valence-corrected chi connectivity index (χ0v) is 14.9. The minimum atomic E-state index is -4.04. The van der Waals surface area contributed by atoms with Gasteiger partial charge in [0.1, 0.15) is 10.6 Å². The number of rotatable bonds is 2. The second-order valence-electron chi connectivity index (χ2n) is 5.91. The molecule has 1 atom stereocenters. The van der Waals surface area contributed by atoms with Gasteiger partial charge in [0.15, 0.2) is 5.65 Å². The van der Waals surface area contributed by atoms with E-state index in [1.807, 2.05) is 0 Å². The van der Waals surface area contributed by atoms with Crippen LogP contribution < -0.4 is 0 Å². The first-order valence-corrected chi connectivity index (χ1v) is 9.08. The number of allylic oxidation sites excluding steroid dienone is 3. The van der Waals surface area contributed by atoms with Gasteiger partial charge in [-0.1, -0.05) is 12.0 Å². The van der Waals surface area contributed by atoms with Crippen LogP contribution in [0.2, 0.25) is 0 Å². The van der Waals surface area contributed by atoms with E-state index in [-0.39, 0.29) is 12.1 Å². The Morgan fingerprint density at radius 1 is 1.46 bits per heavy atom. The van der Waals surface area contributed by atoms with Gasteiger partial charge in [-0.15, -0.1) is 0 Å². The number of hydrogen-bond donors (Lipinski definition) is 0. The number of hydrogen-bond acceptors (Lipinski definition) is 5. The summed E-state index contributed by atoms with van der Waals surface area (Å²) in [4.78, 5) is 15.4. The highest BCUT2D eigenvalue weighted by atomic mass is 32.2. The zero-order valence-electron chi connectivity index (χ0n) is 14.1. The van der Waals surface area contributed by atoms with Gasteiger partial charge in [-0.25, -0.2) is 26.6 Å². The maximum absolute atomic E-state index is 13.7. The van der Waals surface area contributed by atoms with Crippen LogP contribution >= 0.6 is 0 Å². The van der Waals surface area contributed by atoms with Crippen molar-refractivity contribution in [2.24, 2.45) is 0 Å². The molecule has 134 valence electrons. The summed E-state index contributed by atoms with van der Waals surface area (Å²) in [5.74, 6) is 3.52. The minimum absolute atomic E-state index is 0.123. The lowest BCUT2D eigenvalue weighted by molar-refractivity contribution is -0.133. The Kier molecular flexibility index (Phi) is 4.42. The molecular formula is C18H15FN2O4S. The third-order valence-corrected chi connectivity index (χ3v) is 6.37. The number of nitrogens with zero attached hydrogens (tertiary/aromatic N) is 2. The summed E-state index contributed by atoms with van der Waals surface area (Å²) in [6.07, 6.45) is 6.65. The van der Waals surface area contributed by atoms with E-state index in [2.05, 4.69) is 21.6 Å². The number of carbonyl (C=O) groups excluding carboxylic acids is 1. The largest absolute Gasteiger partial charge is 0.459 e. The molecule has 1 aliphatic carbocycles. The van der Waals surface area contributed by atoms with Gasteiger partial charge in [0, 0.05) is 23.7 Å². The number of ether oxygens (including phenoxy) is 1. The minimum Gasteiger partial charge on any atom is -0.459 e. The number of pyridine rings is 1. The number of aromatic nitrogens is 2. The van der Waals surface area contributed by atoms with E-state index in [1.54, 1.807) is 12.1 Å². The molecule has 0 aromatic carbocycles. The first-order chi connectivity index (χ1) is 12.3. The fraction of sp³-hybridized carbons (Fsp3) is 0.222. The van der Waals surface area contributed by atoms with Crippen LogP contribution in [-0.2, 0) is 19.6 Å². The van der Waals surface area contributed by atoms with Gasteiger partial charge >= 0.3 is 5.97 Å². The number of halogens is 1. The van der Waals surface area contributed by atoms with Crippen LogP contribution in [0.25, 0.3) is 11.0 Å². The molecule has 26 heavy (non-hydrogen) atoms. The van der Waals surface area contributed by atoms with Crippen LogP contribution in [0.15, 0.2) is 48.6 Å². The van der Waals surface area contributed by atoms with Gasteiger partial charge in [0.25, 0.3) is 0 Å². The molecule has 2 aromatic rings. The standard InChI is InChI=1S/C18H15FN2O4S/c1-18(9-3-5-14(19)11-18)26(23,24)21-12-13(7-8-16(22)25-2)15-6-4-10-20-17(15)21/h3-6,10-12H,9H2,1-2H3. The summed E-state index contributed by atoms with van der Waals surface area (Å²) in [6, 6.07) is 3.28. The molecule has 0 N–H and O–H groups in total. The average molecular weight is 374 g/mol. The normalized spacial score (nSPS) is 19.6. The second kappa shape index (κ2) is 6.42. The van der Waals surface area contributed by atoms with Crippen molar-refractivity contribution in [1.29, 1.82) is 0 Å². The van der Waals surface area contributed by atoms with E-state index < -0.39 is 26.6 Å². The van der Waals surface area contributed by atoms with Crippen LogP contribution in [0.4, 0.5) is 4.39 Å². The molecule has 0 bridgehead atoms. The van der Waals surface area contributed by atoms with E-state index in [0.29, 0.717) is 10.9 Å². The Morgan fingerprint density at radius 3 is 2.92 bits per heavy atom. The van der Waals surface area contributed by atoms with Crippen LogP contribution in [-0.4, -0.2) is 35.2 Å². The molecule has 0 radical (unpaired) electrons. The van der Waals surface area contributed by atoms with Crippen molar-refractivity contribution < 1.29 is 22.3 Å². The Labute approximate surface area is 150 Å². The Hall–Kier alpha value is -2.92. The van der Waals surface area contributed by atoms with E-state index >= 15 is 0 Å². The number of carbonyl (C=O) groups is 1. The lowest BCUT2D eigenvalue weighted by Gasteiger charge is -2.27. The molecule has 1 aliphatic rings. The first-order valence-electron chi connectivity index (χ1n) is 7.64. The summed E-state index contributed by atoms with van der Waals surface area (Å²) in [6.45, 7) is 1.44. The SMILES string of the molecule is COC(=O)C#Cc1cn(S(=O)(=O)C2(C)C=C(F)C=CC2)c2ncccc12. The molecule has 0 fully saturated rings. The molecule has 0 saturated carbocycles. The monoisotopic (exact) mass is 374 g/mol. The lowest BCUT2D eigenvalue weighted by Crippen LogP contribution is -2.38. The summed E-state index contributed by atoms with van der Waals surface area (Å²) in [5.41, 5.74) is 0.465. The van der Waals surface area contributed by atoms with Crippen molar-refractivity contribution in [1.82, 2.24) is 8.96 Å². The van der Waals surface area contributed by atoms with Gasteiger partial charge in [0.2, 0.25) is 10.0 Å². The molecule has 1 unspecified atom stereocenters. The zero-order chi connectivity index (χ0) is 18.9. The smallest absolute Gasteiger partial charge is 0.384 e. The summed E-state index contributed by atoms with van der Waals surface area (Å²) in [5, 5.41) is 0.465. The number of methoxy groups -OCH3 is 1. The van der Waals surface area contributed by atoms with Crippen LogP contribution in [0.1, 0.15) is 18.9 Å². The summed E-state index contributed by atoms with van der Waals surface area (Å²) < 4.78 is 44.1. The molecule has 2 heterocycles. The maximum atomic E-state index is 13.7. The van der Waals surface area contributed by atoms with Crippen molar-refractivity contribution in [3.05, 3.63) is 54.1 Å². The van der Waals surface area contributed by atoms with E-state index in [4.69, 9.17) is 0 Å². The Bertz CT molecular complexity index is 1120. The molecule has 6 nitrogen and oxygen atoms in total. The molecule has 2 aromatic heterocycles. The fourth-order valence-electron chi connectivity index (χ4n) is 2.69. The summed E-state index contributed by atoms with van der Waals surface area (Å²) >= 11 is 0. The van der Waals surface area contributed by atoms with Gasteiger partial charge in [-0.3, -0.25) is 0 Å². The second-order valence-corrected chi connectivity index (χ2v) is 8.18. The first kappa shape index (κ1) is 17.9. The van der Waals surface area contributed by atoms with Gasteiger partial charge in [0.05, 0.1) is 12.7 Å². The van der Waals surface area contributed by atoms with Crippen molar-refractivity contribution in [2.45, 2.75) is 18.1 Å². The van der Waals surface area contributed by atoms with Crippen LogP contribution in [0.5, 0.6) is 0 Å². The number of esters is 1. The third-order valence-electron chi connectivity index (χ3n) is 4.11. The highest BCUT2D eigenvalue weighted by Gasteiger charge is 2.40. The fourth-order valence-corrected chi connectivity index (χ4v) is 4.33. The van der Waals surface area contributed by atoms with E-state index in [0.717, 1.165) is 10.0 Å². The molecule has 8 heteroatoms. The molecule has 3 rings (SSSR count). The Balaban J connectivity index is 2.21. The maximum Gasteiger partial charge on any atom is 0.384 e. The van der Waals surface area contributed by atoms with Crippen molar-refractivity contribution in [3.63, 3.8) is 0 Å². The molecule has 0 saturated heterocycles. The highest BCUT2D eigenvalue weighted by molar-refractivity contribution is 7.91. The topological polar surface area (TPSA) is 78.3 Å². The van der Waals surface area contributed by atoms with Crippen LogP contribution in [0, 0.1) is 11.8 Å². The van der Waals surface area contributed by atoms with Gasteiger partial charge in [-0.05, 0) is 37.6 Å². The van der Waals surface area contributed by atoms with Gasteiger partial charge < -0.3 is 4.74 Å². The molecular weight excluding hydrogens is 359 g/mol. The van der Waals surface area contributed by atoms with Crippen LogP contribution in [0.3, 0.4) is 0 Å². The molecule has 0 spiro atoms. The Morgan fingerprint density at radius 2 is 2.23 bits per heavy atom. The average Bonchev–Trinajstić information content (AvgIpc) is 2.99. The van der Waals surface area contributed by atoms with Crippen molar-refractivity contribution >= 4 is 27.0 Å². The third kappa shape index (κ3) is 2.91. The van der Waals surface area contributed by atoms with Crippen molar-refractivity contribution in [3.8, 4) is 11.8 Å². The quantitative estimate of drug-likeness (QED) is 0.595. The van der Waals surface area contributed by atoms with E-state index in [9.17, 15) is 17.6 Å². The summed E-state index contributed by atoms with van der Waals surface area (Å²) in [7, 11) is -2.84. The lowest BCUT2D eigenvalue weighted by atomic mass is 10.0. The molecule has 0 aliphatic heterocycles. The predicted molar refractivity (Wildman–Crippen MR) is 94.3 cm³/mol.